The minimum absolute atomic E-state index is 0.0479. The van der Waals surface area contributed by atoms with Gasteiger partial charge in [0.15, 0.2) is 0 Å². The van der Waals surface area contributed by atoms with E-state index in [9.17, 15) is 17.6 Å². The summed E-state index contributed by atoms with van der Waals surface area (Å²) in [5.41, 5.74) is 1.37. The summed E-state index contributed by atoms with van der Waals surface area (Å²) in [5, 5.41) is 2.28. The zero-order valence-electron chi connectivity index (χ0n) is 9.10. The lowest BCUT2D eigenvalue weighted by Crippen LogP contribution is -2.39. The Balaban J connectivity index is 2.40. The lowest BCUT2D eigenvalue weighted by molar-refractivity contribution is -0.124. The molecular formula is C12H13F4N. The van der Waals surface area contributed by atoms with Crippen molar-refractivity contribution in [3.63, 3.8) is 0 Å². The molecule has 1 aromatic carbocycles. The molecule has 0 aliphatic heterocycles. The van der Waals surface area contributed by atoms with Crippen molar-refractivity contribution in [2.75, 3.05) is 13.1 Å². The van der Waals surface area contributed by atoms with Crippen molar-refractivity contribution < 1.29 is 17.6 Å². The van der Waals surface area contributed by atoms with Gasteiger partial charge in [-0.05, 0) is 11.1 Å². The highest BCUT2D eigenvalue weighted by molar-refractivity contribution is 5.64. The monoisotopic (exact) mass is 247 g/mol. The second-order valence-electron chi connectivity index (χ2n) is 3.63. The third-order valence-electron chi connectivity index (χ3n) is 2.20. The van der Waals surface area contributed by atoms with Gasteiger partial charge in [0.2, 0.25) is 0 Å². The molecule has 0 saturated carbocycles. The molecule has 0 aliphatic rings. The second-order valence-corrected chi connectivity index (χ2v) is 3.63. The molecule has 1 nitrogen and oxygen atoms in total. The fourth-order valence-electron chi connectivity index (χ4n) is 1.23. The van der Waals surface area contributed by atoms with Crippen molar-refractivity contribution in [2.24, 2.45) is 0 Å². The van der Waals surface area contributed by atoms with Crippen LogP contribution in [-0.4, -0.2) is 25.4 Å². The van der Waals surface area contributed by atoms with Crippen LogP contribution in [0.5, 0.6) is 0 Å². The maximum atomic E-state index is 12.6. The van der Waals surface area contributed by atoms with Gasteiger partial charge >= 0.3 is 12.3 Å². The number of alkyl halides is 4. The van der Waals surface area contributed by atoms with Crippen molar-refractivity contribution >= 4 is 5.57 Å². The minimum atomic E-state index is -4.00. The topological polar surface area (TPSA) is 12.0 Å². The van der Waals surface area contributed by atoms with Gasteiger partial charge in [0.25, 0.3) is 0 Å². The third-order valence-corrected chi connectivity index (χ3v) is 2.20. The molecule has 0 bridgehead atoms. The number of rotatable bonds is 6. The van der Waals surface area contributed by atoms with Gasteiger partial charge in [0, 0.05) is 6.54 Å². The quantitative estimate of drug-likeness (QED) is 0.761. The number of benzene rings is 1. The molecule has 0 fully saturated rings. The summed E-state index contributed by atoms with van der Waals surface area (Å²) in [7, 11) is 0. The highest BCUT2D eigenvalue weighted by Gasteiger charge is 2.39. The van der Waals surface area contributed by atoms with E-state index in [-0.39, 0.29) is 6.54 Å². The van der Waals surface area contributed by atoms with E-state index in [0.29, 0.717) is 5.57 Å². The molecule has 1 aromatic rings. The molecule has 0 saturated heterocycles. The van der Waals surface area contributed by atoms with E-state index in [1.54, 1.807) is 24.3 Å². The molecule has 0 heterocycles. The van der Waals surface area contributed by atoms with Crippen molar-refractivity contribution in [1.29, 1.82) is 0 Å². The summed E-state index contributed by atoms with van der Waals surface area (Å²) >= 11 is 0. The predicted octanol–water partition coefficient (Wildman–Crippen LogP) is 3.19. The standard InChI is InChI=1S/C12H13F4N/c1-9(10-5-3-2-4-6-10)7-17-8-12(15,16)11(13)14/h2-6,11,17H,1,7-8H2. The Bertz CT molecular complexity index is 362. The maximum Gasteiger partial charge on any atom is 0.319 e. The largest absolute Gasteiger partial charge is 0.319 e. The Labute approximate surface area is 97.1 Å². The van der Waals surface area contributed by atoms with Gasteiger partial charge in [0.1, 0.15) is 0 Å². The highest BCUT2D eigenvalue weighted by Crippen LogP contribution is 2.21. The lowest BCUT2D eigenvalue weighted by atomic mass is 10.1. The molecule has 94 valence electrons. The SMILES string of the molecule is C=C(CNCC(F)(F)C(F)F)c1ccccc1. The molecular weight excluding hydrogens is 234 g/mol. The summed E-state index contributed by atoms with van der Waals surface area (Å²) in [6.07, 6.45) is -3.65. The molecule has 1 rings (SSSR count). The molecule has 0 atom stereocenters. The van der Waals surface area contributed by atoms with Crippen LogP contribution in [0.1, 0.15) is 5.56 Å². The van der Waals surface area contributed by atoms with Crippen LogP contribution in [0.15, 0.2) is 36.9 Å². The number of halogens is 4. The van der Waals surface area contributed by atoms with Crippen molar-refractivity contribution in [2.45, 2.75) is 12.3 Å². The van der Waals surface area contributed by atoms with Crippen LogP contribution in [-0.2, 0) is 0 Å². The molecule has 1 N–H and O–H groups in total. The number of hydrogen-bond donors (Lipinski definition) is 1. The van der Waals surface area contributed by atoms with Crippen LogP contribution in [0.25, 0.3) is 5.57 Å². The molecule has 0 aliphatic carbocycles. The smallest absolute Gasteiger partial charge is 0.307 e. The van der Waals surface area contributed by atoms with Gasteiger partial charge in [-0.15, -0.1) is 0 Å². The second kappa shape index (κ2) is 5.82. The van der Waals surface area contributed by atoms with Crippen molar-refractivity contribution in [3.8, 4) is 0 Å². The molecule has 0 spiro atoms. The summed E-state index contributed by atoms with van der Waals surface area (Å²) in [6.45, 7) is 2.68. The zero-order chi connectivity index (χ0) is 12.9. The van der Waals surface area contributed by atoms with Crippen LogP contribution in [0.4, 0.5) is 17.6 Å². The molecule has 0 amide bonds. The number of hydrogen-bond acceptors (Lipinski definition) is 1. The molecule has 5 heteroatoms. The van der Waals surface area contributed by atoms with Crippen LogP contribution in [0, 0.1) is 0 Å². The van der Waals surface area contributed by atoms with E-state index >= 15 is 0 Å². The van der Waals surface area contributed by atoms with Crippen LogP contribution < -0.4 is 5.32 Å². The third kappa shape index (κ3) is 4.19. The van der Waals surface area contributed by atoms with E-state index < -0.39 is 18.9 Å². The Morgan fingerprint density at radius 2 is 1.82 bits per heavy atom. The first-order valence-corrected chi connectivity index (χ1v) is 5.03. The van der Waals surface area contributed by atoms with Crippen molar-refractivity contribution in [3.05, 3.63) is 42.5 Å². The molecule has 17 heavy (non-hydrogen) atoms. The average Bonchev–Trinajstić information content (AvgIpc) is 2.29. The normalized spacial score (nSPS) is 11.8. The number of nitrogens with one attached hydrogen (secondary N) is 1. The first-order chi connectivity index (χ1) is 7.93. The summed E-state index contributed by atoms with van der Waals surface area (Å²) in [4.78, 5) is 0. The highest BCUT2D eigenvalue weighted by atomic mass is 19.3. The van der Waals surface area contributed by atoms with Gasteiger partial charge in [-0.2, -0.15) is 8.78 Å². The minimum Gasteiger partial charge on any atom is -0.307 e. The van der Waals surface area contributed by atoms with Gasteiger partial charge in [-0.3, -0.25) is 0 Å². The molecule has 0 aromatic heterocycles. The van der Waals surface area contributed by atoms with E-state index in [1.165, 1.54) is 0 Å². The van der Waals surface area contributed by atoms with Gasteiger partial charge in [-0.1, -0.05) is 36.9 Å². The summed E-state index contributed by atoms with van der Waals surface area (Å²) in [5.74, 6) is -4.00. The van der Waals surface area contributed by atoms with E-state index in [0.717, 1.165) is 5.56 Å². The zero-order valence-corrected chi connectivity index (χ0v) is 9.10. The van der Waals surface area contributed by atoms with E-state index in [4.69, 9.17) is 0 Å². The Hall–Kier alpha value is -1.36. The van der Waals surface area contributed by atoms with Crippen LogP contribution in [0.3, 0.4) is 0 Å². The fraction of sp³-hybridized carbons (Fsp3) is 0.333. The average molecular weight is 247 g/mol. The lowest BCUT2D eigenvalue weighted by Gasteiger charge is -2.16. The Morgan fingerprint density at radius 1 is 1.24 bits per heavy atom. The van der Waals surface area contributed by atoms with E-state index in [2.05, 4.69) is 11.9 Å². The first-order valence-electron chi connectivity index (χ1n) is 5.03. The molecule has 0 radical (unpaired) electrons. The fourth-order valence-corrected chi connectivity index (χ4v) is 1.23. The van der Waals surface area contributed by atoms with Crippen molar-refractivity contribution in [1.82, 2.24) is 5.32 Å². The van der Waals surface area contributed by atoms with Gasteiger partial charge in [-0.25, -0.2) is 8.78 Å². The van der Waals surface area contributed by atoms with Gasteiger partial charge in [0.05, 0.1) is 6.54 Å². The van der Waals surface area contributed by atoms with Crippen LogP contribution in [0.2, 0.25) is 0 Å². The summed E-state index contributed by atoms with van der Waals surface area (Å²) in [6, 6.07) is 8.93. The summed E-state index contributed by atoms with van der Waals surface area (Å²) < 4.78 is 48.8. The van der Waals surface area contributed by atoms with Gasteiger partial charge < -0.3 is 5.32 Å². The van der Waals surface area contributed by atoms with Crippen LogP contribution >= 0.6 is 0 Å². The maximum absolute atomic E-state index is 12.6. The molecule has 0 unspecified atom stereocenters. The first kappa shape index (κ1) is 13.7. The Kier molecular flexibility index (Phi) is 4.69. The predicted molar refractivity (Wildman–Crippen MR) is 59.3 cm³/mol. The van der Waals surface area contributed by atoms with E-state index in [1.807, 2.05) is 6.07 Å². The Morgan fingerprint density at radius 3 is 2.35 bits per heavy atom.